The highest BCUT2D eigenvalue weighted by Crippen LogP contribution is 2.90. The summed E-state index contributed by atoms with van der Waals surface area (Å²) in [6.07, 6.45) is -8.73. The van der Waals surface area contributed by atoms with Crippen LogP contribution in [0.1, 0.15) is 0 Å². The molecule has 4 unspecified atom stereocenters. The number of halogens is 30. The first-order valence-electron chi connectivity index (χ1n) is 10.4. The zero-order chi connectivity index (χ0) is 38.5. The summed E-state index contributed by atoms with van der Waals surface area (Å²) < 4.78 is 429. The van der Waals surface area contributed by atoms with Crippen LogP contribution < -0.4 is 0 Å². The molecule has 0 aromatic rings. The average Bonchev–Trinajstić information content (AvgIpc) is 2.97. The van der Waals surface area contributed by atoms with E-state index >= 15 is 22.0 Å². The van der Waals surface area contributed by atoms with E-state index in [0.29, 0.717) is 0 Å². The van der Waals surface area contributed by atoms with Gasteiger partial charge in [-0.15, -0.1) is 0 Å². The maximum absolute atomic E-state index is 16.0. The van der Waals surface area contributed by atoms with Crippen molar-refractivity contribution in [2.75, 3.05) is 0 Å². The molecule has 0 radical (unpaired) electrons. The van der Waals surface area contributed by atoms with E-state index in [9.17, 15) is 110 Å². The molecule has 0 amide bonds. The maximum atomic E-state index is 16.0. The van der Waals surface area contributed by atoms with Gasteiger partial charge in [0.1, 0.15) is 0 Å². The summed E-state index contributed by atoms with van der Waals surface area (Å²) in [5.41, 5.74) is -52.5. The van der Waals surface area contributed by atoms with Crippen molar-refractivity contribution in [1.82, 2.24) is 0 Å². The molecule has 3 saturated carbocycles. The van der Waals surface area contributed by atoms with Gasteiger partial charge in [0.2, 0.25) is 0 Å². The Morgan fingerprint density at radius 1 is 0.234 bits per heavy atom. The Kier molecular flexibility index (Phi) is 6.78. The van der Waals surface area contributed by atoms with E-state index in [-0.39, 0.29) is 0 Å². The second-order valence-electron chi connectivity index (χ2n) is 10.1. The van der Waals surface area contributed by atoms with Crippen LogP contribution in [0.25, 0.3) is 0 Å². The molecule has 0 heterocycles. The maximum Gasteiger partial charge on any atom is 0.460 e. The van der Waals surface area contributed by atoms with Crippen molar-refractivity contribution >= 4 is 0 Å². The molecule has 0 saturated heterocycles. The Bertz CT molecular complexity index is 1280. The Morgan fingerprint density at radius 3 is 0.617 bits per heavy atom. The minimum absolute atomic E-state index is 8.73. The summed E-state index contributed by atoms with van der Waals surface area (Å²) in [5, 5.41) is 0. The molecule has 0 aromatic heterocycles. The molecule has 47 heavy (non-hydrogen) atoms. The van der Waals surface area contributed by atoms with E-state index in [4.69, 9.17) is 0 Å². The van der Waals surface area contributed by atoms with Gasteiger partial charge < -0.3 is 0 Å². The summed E-state index contributed by atoms with van der Waals surface area (Å²) in [6.45, 7) is 0. The van der Waals surface area contributed by atoms with E-state index in [0.717, 1.165) is 0 Å². The lowest BCUT2D eigenvalue weighted by atomic mass is 9.58. The molecular weight excluding hydrogens is 774 g/mol. The molecule has 0 aliphatic heterocycles. The van der Waals surface area contributed by atoms with Crippen LogP contribution in [-0.2, 0) is 0 Å². The van der Waals surface area contributed by atoms with E-state index < -0.39 is 99.7 Å². The van der Waals surface area contributed by atoms with Crippen LogP contribution in [-0.4, -0.2) is 99.7 Å². The summed E-state index contributed by atoms with van der Waals surface area (Å²) in [7, 11) is 0. The van der Waals surface area contributed by atoms with Gasteiger partial charge in [-0.3, -0.25) is 0 Å². The van der Waals surface area contributed by atoms with Gasteiger partial charge in [0.05, 0.1) is 0 Å². The molecule has 0 nitrogen and oxygen atoms in total. The van der Waals surface area contributed by atoms with Gasteiger partial charge >= 0.3 is 71.3 Å². The Labute approximate surface area is 233 Å². The third-order valence-electron chi connectivity index (χ3n) is 8.05. The Hall–Kier alpha value is -2.10. The zero-order valence-electron chi connectivity index (χ0n) is 19.8. The second-order valence-corrected chi connectivity index (χ2v) is 10.1. The van der Waals surface area contributed by atoms with Gasteiger partial charge in [-0.2, -0.15) is 110 Å². The topological polar surface area (TPSA) is 0 Å². The van der Waals surface area contributed by atoms with Gasteiger partial charge in [0, 0.05) is 0 Å². The molecular formula is C17F30. The standard InChI is InChI=1S/C17F30/c18-1-2(19)4(21,9(29,30)14(39,40)12(35,36)7(2,25)26)5(22,10(31,32)15(41,42)16(43,44)17(45,46)47)3(1,20)8(27,28)13(37,38)11(33,34)6(1,23)24. The van der Waals surface area contributed by atoms with E-state index in [1.54, 1.807) is 0 Å². The van der Waals surface area contributed by atoms with Gasteiger partial charge in [-0.1, -0.05) is 0 Å². The lowest BCUT2D eigenvalue weighted by molar-refractivity contribution is -0.502. The fourth-order valence-corrected chi connectivity index (χ4v) is 5.60. The van der Waals surface area contributed by atoms with Crippen LogP contribution in [0, 0.1) is 0 Å². The summed E-state index contributed by atoms with van der Waals surface area (Å²) in [6, 6.07) is 0. The van der Waals surface area contributed by atoms with Crippen LogP contribution in [0.15, 0.2) is 0 Å². The SMILES string of the molecule is FC(F)(F)C(F)(F)C(F)(F)C(F)(F)C1(F)C2(F)C(F)(F)C(F)(F)C(F)(F)C(F)(F)C2(F)C2(F)C(F)(F)C(F)(F)C(F)(F)C(F)(F)C12F. The molecule has 3 rings (SSSR count). The molecule has 0 N–H and O–H groups in total. The predicted molar refractivity (Wildman–Crippen MR) is 79.7 cm³/mol. The van der Waals surface area contributed by atoms with Crippen LogP contribution in [0.5, 0.6) is 0 Å². The molecule has 3 fully saturated rings. The van der Waals surface area contributed by atoms with Crippen LogP contribution in [0.3, 0.4) is 0 Å². The van der Waals surface area contributed by atoms with Gasteiger partial charge in [-0.05, 0) is 0 Å². The first-order valence-corrected chi connectivity index (χ1v) is 10.4. The van der Waals surface area contributed by atoms with Crippen LogP contribution >= 0.6 is 0 Å². The third kappa shape index (κ3) is 2.70. The monoisotopic (exact) mass is 774 g/mol. The van der Waals surface area contributed by atoms with Crippen molar-refractivity contribution in [3.8, 4) is 0 Å². The molecule has 30 heteroatoms. The van der Waals surface area contributed by atoms with E-state index in [1.807, 2.05) is 0 Å². The zero-order valence-corrected chi connectivity index (χ0v) is 19.8. The predicted octanol–water partition coefficient (Wildman–Crippen LogP) is 9.12. The molecule has 0 bridgehead atoms. The lowest BCUT2D eigenvalue weighted by Gasteiger charge is -2.58. The van der Waals surface area contributed by atoms with Crippen molar-refractivity contribution in [2.24, 2.45) is 0 Å². The quantitative estimate of drug-likeness (QED) is 0.251. The van der Waals surface area contributed by atoms with Crippen LogP contribution in [0.2, 0.25) is 0 Å². The molecule has 278 valence electrons. The Balaban J connectivity index is 2.98. The molecule has 3 aliphatic carbocycles. The lowest BCUT2D eigenvalue weighted by Crippen LogP contribution is -2.92. The van der Waals surface area contributed by atoms with Gasteiger partial charge in [0.25, 0.3) is 28.3 Å². The van der Waals surface area contributed by atoms with Gasteiger partial charge in [0.15, 0.2) is 0 Å². The number of alkyl halides is 30. The minimum atomic E-state index is -10.8. The van der Waals surface area contributed by atoms with Crippen molar-refractivity contribution < 1.29 is 132 Å². The number of fused-ring (bicyclic) bond motifs is 3. The van der Waals surface area contributed by atoms with Crippen molar-refractivity contribution in [3.05, 3.63) is 0 Å². The molecule has 3 aliphatic rings. The highest BCUT2D eigenvalue weighted by Gasteiger charge is 3.24. The smallest absolute Gasteiger partial charge is 0.229 e. The molecule has 0 aromatic carbocycles. The summed E-state index contributed by atoms with van der Waals surface area (Å²) in [5.74, 6) is -107. The normalized spacial score (nSPS) is 42.8. The first kappa shape index (κ1) is 39.3. The molecule has 0 spiro atoms. The van der Waals surface area contributed by atoms with Crippen molar-refractivity contribution in [1.29, 1.82) is 0 Å². The molecule has 4 atom stereocenters. The Morgan fingerprint density at radius 2 is 0.426 bits per heavy atom. The number of hydrogen-bond donors (Lipinski definition) is 0. The first-order chi connectivity index (χ1) is 19.8. The van der Waals surface area contributed by atoms with Crippen LogP contribution in [0.4, 0.5) is 132 Å². The summed E-state index contributed by atoms with van der Waals surface area (Å²) >= 11 is 0. The highest BCUT2D eigenvalue weighted by molar-refractivity contribution is 5.57. The average molecular weight is 774 g/mol. The van der Waals surface area contributed by atoms with Crippen molar-refractivity contribution in [3.63, 3.8) is 0 Å². The largest absolute Gasteiger partial charge is 0.460 e. The number of rotatable bonds is 3. The van der Waals surface area contributed by atoms with E-state index in [1.165, 1.54) is 0 Å². The number of hydrogen-bond acceptors (Lipinski definition) is 0. The van der Waals surface area contributed by atoms with Crippen molar-refractivity contribution in [2.45, 2.75) is 99.7 Å². The fourth-order valence-electron chi connectivity index (χ4n) is 5.60. The second kappa shape index (κ2) is 8.10. The third-order valence-corrected chi connectivity index (χ3v) is 8.05. The summed E-state index contributed by atoms with van der Waals surface area (Å²) in [4.78, 5) is 0. The highest BCUT2D eigenvalue weighted by atomic mass is 19.4. The fraction of sp³-hybridized carbons (Fsp3) is 1.00. The van der Waals surface area contributed by atoms with E-state index in [2.05, 4.69) is 0 Å². The minimum Gasteiger partial charge on any atom is -0.229 e. The van der Waals surface area contributed by atoms with Gasteiger partial charge in [-0.25, -0.2) is 22.0 Å².